The van der Waals surface area contributed by atoms with Crippen molar-refractivity contribution in [1.82, 2.24) is 4.98 Å². The van der Waals surface area contributed by atoms with E-state index in [0.29, 0.717) is 16.8 Å². The number of aromatic nitrogens is 1. The number of fused-ring (bicyclic) bond motifs is 2. The van der Waals surface area contributed by atoms with Crippen LogP contribution in [0.5, 0.6) is 11.5 Å². The minimum Gasteiger partial charge on any atom is -0.507 e. The van der Waals surface area contributed by atoms with Gasteiger partial charge in [0.1, 0.15) is 23.5 Å². The van der Waals surface area contributed by atoms with Crippen LogP contribution in [0.4, 0.5) is 5.13 Å². The van der Waals surface area contributed by atoms with Crippen LogP contribution in [0.1, 0.15) is 32.4 Å². The average molecular weight is 503 g/mol. The smallest absolute Gasteiger partial charge is 0.339 e. The maximum atomic E-state index is 13.5. The lowest BCUT2D eigenvalue weighted by molar-refractivity contribution is -0.138. The Labute approximate surface area is 208 Å². The summed E-state index contributed by atoms with van der Waals surface area (Å²) in [5.41, 5.74) is 0.926. The van der Waals surface area contributed by atoms with Crippen molar-refractivity contribution in [2.75, 3.05) is 12.4 Å². The number of nitrogens with zero attached hydrogens (tertiary/aromatic N) is 1. The number of cyclic esters (lactones) is 1. The van der Waals surface area contributed by atoms with E-state index in [1.54, 1.807) is 36.4 Å². The number of methoxy groups -OCH3 is 1. The summed E-state index contributed by atoms with van der Waals surface area (Å²) < 4.78 is 11.3. The second-order valence-corrected chi connectivity index (χ2v) is 8.97. The highest BCUT2D eigenvalue weighted by atomic mass is 32.1. The molecule has 10 heteroatoms. The molecular formula is C26H18N2O7S. The number of anilines is 1. The maximum absolute atomic E-state index is 13.5. The Balaban J connectivity index is 1.50. The Bertz CT molecular complexity index is 1540. The minimum atomic E-state index is -1.72. The Morgan fingerprint density at radius 2 is 1.83 bits per heavy atom. The van der Waals surface area contributed by atoms with Crippen LogP contribution in [0, 0.1) is 5.92 Å². The zero-order valence-corrected chi connectivity index (χ0v) is 19.6. The van der Waals surface area contributed by atoms with Gasteiger partial charge in [0.25, 0.3) is 5.91 Å². The molecular weight excluding hydrogens is 484 g/mol. The summed E-state index contributed by atoms with van der Waals surface area (Å²) in [7, 11) is 1.53. The fourth-order valence-corrected chi connectivity index (χ4v) is 4.94. The summed E-state index contributed by atoms with van der Waals surface area (Å²) in [6.45, 7) is 0. The van der Waals surface area contributed by atoms with Crippen LogP contribution < -0.4 is 10.1 Å². The molecule has 1 amide bonds. The number of ketones is 2. The SMILES string of the molecule is COc1ccc2nc(NC(=O)C(=O)[C@H](C(=O)c3ccccc3O)[C@H]3OC(=O)c4ccccc43)sc2c1. The molecule has 9 nitrogen and oxygen atoms in total. The number of rotatable bonds is 7. The molecule has 0 saturated heterocycles. The van der Waals surface area contributed by atoms with Gasteiger partial charge in [0.15, 0.2) is 10.9 Å². The van der Waals surface area contributed by atoms with E-state index < -0.39 is 35.5 Å². The number of ether oxygens (including phenoxy) is 2. The van der Waals surface area contributed by atoms with Crippen molar-refractivity contribution in [1.29, 1.82) is 0 Å². The van der Waals surface area contributed by atoms with Crippen molar-refractivity contribution in [3.8, 4) is 11.5 Å². The number of phenolic OH excluding ortho intramolecular Hbond substituents is 1. The largest absolute Gasteiger partial charge is 0.507 e. The summed E-state index contributed by atoms with van der Waals surface area (Å²) in [5, 5.41) is 12.8. The standard InChI is InChI=1S/C26H18N2O7S/c1-34-13-10-11-17-19(12-13)36-26(27-17)28-24(32)22(31)20(21(30)16-8-4-5-9-18(16)29)23-14-6-2-3-7-15(14)25(33)35-23/h2-12,20,23,29H,1H3,(H,27,28,32)/t20-,23-/m0/s1. The van der Waals surface area contributed by atoms with E-state index in [-0.39, 0.29) is 22.0 Å². The highest BCUT2D eigenvalue weighted by molar-refractivity contribution is 7.22. The summed E-state index contributed by atoms with van der Waals surface area (Å²) in [4.78, 5) is 56.7. The molecule has 0 unspecified atom stereocenters. The number of aromatic hydroxyl groups is 1. The number of amides is 1. The number of benzene rings is 3. The van der Waals surface area contributed by atoms with E-state index in [2.05, 4.69) is 10.3 Å². The van der Waals surface area contributed by atoms with E-state index in [0.717, 1.165) is 16.0 Å². The van der Waals surface area contributed by atoms with Crippen LogP contribution >= 0.6 is 11.3 Å². The summed E-state index contributed by atoms with van der Waals surface area (Å²) >= 11 is 1.13. The van der Waals surface area contributed by atoms with Crippen molar-refractivity contribution in [3.63, 3.8) is 0 Å². The van der Waals surface area contributed by atoms with E-state index in [9.17, 15) is 24.3 Å². The molecule has 0 saturated carbocycles. The maximum Gasteiger partial charge on any atom is 0.339 e. The fraction of sp³-hybridized carbons (Fsp3) is 0.115. The zero-order chi connectivity index (χ0) is 25.4. The topological polar surface area (TPSA) is 132 Å². The molecule has 0 bridgehead atoms. The van der Waals surface area contributed by atoms with E-state index in [1.165, 1.54) is 37.4 Å². The number of phenols is 1. The Morgan fingerprint density at radius 3 is 2.61 bits per heavy atom. The lowest BCUT2D eigenvalue weighted by Gasteiger charge is -2.21. The van der Waals surface area contributed by atoms with Crippen LogP contribution in [-0.2, 0) is 14.3 Å². The van der Waals surface area contributed by atoms with Crippen LogP contribution in [0.2, 0.25) is 0 Å². The van der Waals surface area contributed by atoms with Gasteiger partial charge in [-0.25, -0.2) is 9.78 Å². The number of carbonyl (C=O) groups is 4. The molecule has 180 valence electrons. The number of Topliss-reactive ketones (excluding diaryl/α,β-unsaturated/α-hetero) is 2. The van der Waals surface area contributed by atoms with Gasteiger partial charge in [0, 0.05) is 5.56 Å². The lowest BCUT2D eigenvalue weighted by Crippen LogP contribution is -2.38. The highest BCUT2D eigenvalue weighted by Gasteiger charge is 2.46. The molecule has 2 N–H and O–H groups in total. The van der Waals surface area contributed by atoms with Crippen molar-refractivity contribution in [2.24, 2.45) is 5.92 Å². The number of para-hydroxylation sites is 1. The number of nitrogens with one attached hydrogen (secondary N) is 1. The molecule has 5 rings (SSSR count). The van der Waals surface area contributed by atoms with Gasteiger partial charge in [-0.15, -0.1) is 0 Å². The first-order chi connectivity index (χ1) is 17.4. The number of thiazole rings is 1. The zero-order valence-electron chi connectivity index (χ0n) is 18.8. The third kappa shape index (κ3) is 4.07. The average Bonchev–Trinajstić information content (AvgIpc) is 3.44. The molecule has 1 aromatic heterocycles. The van der Waals surface area contributed by atoms with Crippen LogP contribution in [0.25, 0.3) is 10.2 Å². The molecule has 0 spiro atoms. The van der Waals surface area contributed by atoms with Gasteiger partial charge in [-0.05, 0) is 36.4 Å². The molecule has 0 radical (unpaired) electrons. The predicted molar refractivity (Wildman–Crippen MR) is 130 cm³/mol. The second-order valence-electron chi connectivity index (χ2n) is 7.94. The summed E-state index contributed by atoms with van der Waals surface area (Å²) in [6, 6.07) is 17.1. The third-order valence-corrected chi connectivity index (χ3v) is 6.73. The third-order valence-electron chi connectivity index (χ3n) is 5.80. The quantitative estimate of drug-likeness (QED) is 0.168. The van der Waals surface area contributed by atoms with Gasteiger partial charge in [-0.1, -0.05) is 41.7 Å². The van der Waals surface area contributed by atoms with Gasteiger partial charge >= 0.3 is 5.97 Å². The normalized spacial score (nSPS) is 15.1. The Kier molecular flexibility index (Phi) is 5.95. The summed E-state index contributed by atoms with van der Waals surface area (Å²) in [5.74, 6) is -5.27. The van der Waals surface area contributed by atoms with Crippen molar-refractivity contribution in [2.45, 2.75) is 6.10 Å². The van der Waals surface area contributed by atoms with E-state index in [1.807, 2.05) is 0 Å². The fourth-order valence-electron chi connectivity index (χ4n) is 4.05. The molecule has 36 heavy (non-hydrogen) atoms. The van der Waals surface area contributed by atoms with Gasteiger partial charge < -0.3 is 14.6 Å². The van der Waals surface area contributed by atoms with Crippen LogP contribution in [0.15, 0.2) is 66.7 Å². The first kappa shape index (κ1) is 23.2. The monoisotopic (exact) mass is 502 g/mol. The molecule has 1 aliphatic heterocycles. The second kappa shape index (κ2) is 9.23. The first-order valence-corrected chi connectivity index (χ1v) is 11.6. The van der Waals surface area contributed by atoms with Crippen LogP contribution in [0.3, 0.4) is 0 Å². The first-order valence-electron chi connectivity index (χ1n) is 10.8. The van der Waals surface area contributed by atoms with E-state index >= 15 is 0 Å². The molecule has 2 heterocycles. The highest BCUT2D eigenvalue weighted by Crippen LogP contribution is 2.39. The number of esters is 1. The number of carbonyl (C=O) groups excluding carboxylic acids is 4. The number of hydrogen-bond donors (Lipinski definition) is 2. The molecule has 3 aromatic carbocycles. The van der Waals surface area contributed by atoms with E-state index in [4.69, 9.17) is 9.47 Å². The van der Waals surface area contributed by atoms with Gasteiger partial charge in [-0.2, -0.15) is 0 Å². The van der Waals surface area contributed by atoms with Gasteiger partial charge in [0.05, 0.1) is 28.5 Å². The molecule has 0 aliphatic carbocycles. The Hall–Kier alpha value is -4.57. The summed E-state index contributed by atoms with van der Waals surface area (Å²) in [6.07, 6.45) is -1.33. The minimum absolute atomic E-state index is 0.147. The van der Waals surface area contributed by atoms with Crippen molar-refractivity contribution >= 4 is 50.1 Å². The van der Waals surface area contributed by atoms with Crippen molar-refractivity contribution < 1.29 is 33.8 Å². The van der Waals surface area contributed by atoms with Crippen LogP contribution in [-0.4, -0.2) is 40.6 Å². The van der Waals surface area contributed by atoms with Crippen molar-refractivity contribution in [3.05, 3.63) is 83.4 Å². The Morgan fingerprint density at radius 1 is 1.08 bits per heavy atom. The van der Waals surface area contributed by atoms with Gasteiger partial charge in [-0.3, -0.25) is 19.7 Å². The molecule has 1 aliphatic rings. The molecule has 2 atom stereocenters. The number of hydrogen-bond acceptors (Lipinski definition) is 9. The lowest BCUT2D eigenvalue weighted by atomic mass is 9.84. The van der Waals surface area contributed by atoms with Gasteiger partial charge in [0.2, 0.25) is 5.78 Å². The predicted octanol–water partition coefficient (Wildman–Crippen LogP) is 3.93. The molecule has 4 aromatic rings. The molecule has 0 fully saturated rings.